The Hall–Kier alpha value is -2.73. The van der Waals surface area contributed by atoms with Gasteiger partial charge in [0.1, 0.15) is 5.82 Å². The molecule has 0 aliphatic carbocycles. The highest BCUT2D eigenvalue weighted by Crippen LogP contribution is 2.28. The summed E-state index contributed by atoms with van der Waals surface area (Å²) in [6.45, 7) is 0.622. The van der Waals surface area contributed by atoms with Crippen molar-refractivity contribution in [1.29, 1.82) is 0 Å². The Kier molecular flexibility index (Phi) is 5.39. The lowest BCUT2D eigenvalue weighted by Crippen LogP contribution is -2.35. The van der Waals surface area contributed by atoms with Crippen LogP contribution in [0.3, 0.4) is 0 Å². The summed E-state index contributed by atoms with van der Waals surface area (Å²) in [7, 11) is 0. The van der Waals surface area contributed by atoms with Crippen molar-refractivity contribution in [2.75, 3.05) is 11.4 Å². The Morgan fingerprint density at radius 3 is 2.86 bits per heavy atom. The van der Waals surface area contributed by atoms with Crippen LogP contribution in [0, 0.1) is 5.82 Å². The van der Waals surface area contributed by atoms with E-state index in [0.29, 0.717) is 48.2 Å². The molecule has 0 bridgehead atoms. The van der Waals surface area contributed by atoms with Gasteiger partial charge in [0.25, 0.3) is 0 Å². The lowest BCUT2D eigenvalue weighted by Gasteiger charge is -2.29. The first-order valence-corrected chi connectivity index (χ1v) is 9.65. The Labute approximate surface area is 167 Å². The summed E-state index contributed by atoms with van der Waals surface area (Å²) in [6.07, 6.45) is 3.19. The van der Waals surface area contributed by atoms with Gasteiger partial charge in [-0.3, -0.25) is 4.79 Å². The molecule has 0 atom stereocenters. The Morgan fingerprint density at radius 2 is 2.04 bits per heavy atom. The number of anilines is 1. The van der Waals surface area contributed by atoms with Gasteiger partial charge in [-0.05, 0) is 61.2 Å². The van der Waals surface area contributed by atoms with Crippen LogP contribution >= 0.6 is 11.6 Å². The number of hydrogen-bond donors (Lipinski definition) is 0. The van der Waals surface area contributed by atoms with E-state index in [1.807, 2.05) is 12.1 Å². The number of aromatic nitrogens is 2. The molecule has 2 aromatic carbocycles. The van der Waals surface area contributed by atoms with Crippen LogP contribution in [0.2, 0.25) is 5.02 Å². The van der Waals surface area contributed by atoms with Crippen LogP contribution in [0.25, 0.3) is 11.4 Å². The number of carbonyl (C=O) groups is 1. The largest absolute Gasteiger partial charge is 0.339 e. The van der Waals surface area contributed by atoms with E-state index in [2.05, 4.69) is 10.1 Å². The molecule has 0 saturated heterocycles. The van der Waals surface area contributed by atoms with E-state index >= 15 is 0 Å². The fraction of sp³-hybridized carbons (Fsp3) is 0.286. The minimum Gasteiger partial charge on any atom is -0.339 e. The minimum absolute atomic E-state index is 0.0102. The first-order valence-electron chi connectivity index (χ1n) is 9.27. The van der Waals surface area contributed by atoms with Gasteiger partial charge >= 0.3 is 0 Å². The number of benzene rings is 2. The molecule has 7 heteroatoms. The smallest absolute Gasteiger partial charge is 0.227 e. The number of nitrogens with zero attached hydrogens (tertiary/aromatic N) is 3. The summed E-state index contributed by atoms with van der Waals surface area (Å²) in [5.41, 5.74) is 2.53. The summed E-state index contributed by atoms with van der Waals surface area (Å²) in [4.78, 5) is 18.7. The normalized spacial score (nSPS) is 13.4. The van der Waals surface area contributed by atoms with Crippen molar-refractivity contribution >= 4 is 23.2 Å². The average molecular weight is 400 g/mol. The van der Waals surface area contributed by atoms with Crippen molar-refractivity contribution in [2.45, 2.75) is 32.1 Å². The second-order valence-electron chi connectivity index (χ2n) is 6.79. The second-order valence-corrected chi connectivity index (χ2v) is 7.23. The standard InChI is InChI=1S/C21H19ClFN3O2/c22-16-9-6-15(7-10-16)21-24-19(28-25-21)4-1-5-20(27)26-12-2-3-14-8-11-17(23)13-18(14)26/h6-11,13H,1-5,12H2. The third-order valence-corrected chi connectivity index (χ3v) is 5.07. The molecule has 144 valence electrons. The second kappa shape index (κ2) is 8.10. The molecule has 4 rings (SSSR count). The summed E-state index contributed by atoms with van der Waals surface area (Å²) >= 11 is 5.89. The molecule has 2 heterocycles. The van der Waals surface area contributed by atoms with Crippen molar-refractivity contribution in [1.82, 2.24) is 10.1 Å². The molecule has 0 saturated carbocycles. The van der Waals surface area contributed by atoms with Crippen molar-refractivity contribution in [3.63, 3.8) is 0 Å². The summed E-state index contributed by atoms with van der Waals surface area (Å²) in [5, 5.41) is 4.62. The lowest BCUT2D eigenvalue weighted by atomic mass is 10.0. The van der Waals surface area contributed by atoms with E-state index in [9.17, 15) is 9.18 Å². The number of hydrogen-bond acceptors (Lipinski definition) is 4. The van der Waals surface area contributed by atoms with Gasteiger partial charge in [-0.15, -0.1) is 0 Å². The maximum absolute atomic E-state index is 13.6. The summed E-state index contributed by atoms with van der Waals surface area (Å²) in [5.74, 6) is 0.657. The van der Waals surface area contributed by atoms with Gasteiger partial charge in [0, 0.05) is 35.7 Å². The fourth-order valence-corrected chi connectivity index (χ4v) is 3.53. The number of amides is 1. The number of halogens is 2. The molecular weight excluding hydrogens is 381 g/mol. The lowest BCUT2D eigenvalue weighted by molar-refractivity contribution is -0.118. The zero-order chi connectivity index (χ0) is 19.5. The van der Waals surface area contributed by atoms with E-state index in [4.69, 9.17) is 16.1 Å². The highest BCUT2D eigenvalue weighted by atomic mass is 35.5. The van der Waals surface area contributed by atoms with Crippen LogP contribution in [0.4, 0.5) is 10.1 Å². The molecular formula is C21H19ClFN3O2. The maximum atomic E-state index is 13.6. The van der Waals surface area contributed by atoms with E-state index in [-0.39, 0.29) is 11.7 Å². The van der Waals surface area contributed by atoms with E-state index in [0.717, 1.165) is 24.0 Å². The van der Waals surface area contributed by atoms with Crippen molar-refractivity contribution < 1.29 is 13.7 Å². The molecule has 1 amide bonds. The summed E-state index contributed by atoms with van der Waals surface area (Å²) in [6, 6.07) is 11.8. The van der Waals surface area contributed by atoms with Crippen LogP contribution in [0.1, 0.15) is 30.7 Å². The van der Waals surface area contributed by atoms with Crippen molar-refractivity contribution in [3.8, 4) is 11.4 Å². The average Bonchev–Trinajstić information content (AvgIpc) is 3.17. The van der Waals surface area contributed by atoms with Gasteiger partial charge < -0.3 is 9.42 Å². The summed E-state index contributed by atoms with van der Waals surface area (Å²) < 4.78 is 18.9. The first-order chi connectivity index (χ1) is 13.6. The molecule has 0 spiro atoms. The molecule has 0 N–H and O–H groups in total. The molecule has 1 aromatic heterocycles. The molecule has 0 fully saturated rings. The van der Waals surface area contributed by atoms with Crippen LogP contribution < -0.4 is 4.90 Å². The SMILES string of the molecule is O=C(CCCc1nc(-c2ccc(Cl)cc2)no1)N1CCCc2ccc(F)cc21. The van der Waals surface area contributed by atoms with E-state index in [1.54, 1.807) is 23.1 Å². The number of aryl methyl sites for hydroxylation is 2. The quantitative estimate of drug-likeness (QED) is 0.616. The monoisotopic (exact) mass is 399 g/mol. The third kappa shape index (κ3) is 4.07. The zero-order valence-corrected chi connectivity index (χ0v) is 16.0. The van der Waals surface area contributed by atoms with Gasteiger partial charge in [0.15, 0.2) is 0 Å². The van der Waals surface area contributed by atoms with Gasteiger partial charge in [-0.25, -0.2) is 4.39 Å². The molecule has 5 nitrogen and oxygen atoms in total. The van der Waals surface area contributed by atoms with Crippen LogP contribution in [-0.4, -0.2) is 22.6 Å². The maximum Gasteiger partial charge on any atom is 0.227 e. The van der Waals surface area contributed by atoms with E-state index < -0.39 is 0 Å². The molecule has 0 unspecified atom stereocenters. The van der Waals surface area contributed by atoms with Gasteiger partial charge in [-0.1, -0.05) is 22.8 Å². The third-order valence-electron chi connectivity index (χ3n) is 4.82. The van der Waals surface area contributed by atoms with Gasteiger partial charge in [-0.2, -0.15) is 4.98 Å². The predicted octanol–water partition coefficient (Wildman–Crippen LogP) is 4.83. The van der Waals surface area contributed by atoms with Gasteiger partial charge in [0.05, 0.1) is 0 Å². The number of carbonyl (C=O) groups excluding carboxylic acids is 1. The zero-order valence-electron chi connectivity index (χ0n) is 15.2. The van der Waals surface area contributed by atoms with Crippen LogP contribution in [0.5, 0.6) is 0 Å². The van der Waals surface area contributed by atoms with Crippen LogP contribution in [0.15, 0.2) is 47.0 Å². The molecule has 1 aliphatic heterocycles. The molecule has 1 aliphatic rings. The Balaban J connectivity index is 1.35. The highest BCUT2D eigenvalue weighted by Gasteiger charge is 2.22. The molecule has 28 heavy (non-hydrogen) atoms. The predicted molar refractivity (Wildman–Crippen MR) is 105 cm³/mol. The number of rotatable bonds is 5. The molecule has 0 radical (unpaired) electrons. The first kappa shape index (κ1) is 18.6. The highest BCUT2D eigenvalue weighted by molar-refractivity contribution is 6.30. The molecule has 3 aromatic rings. The number of fused-ring (bicyclic) bond motifs is 1. The Bertz CT molecular complexity index is 988. The van der Waals surface area contributed by atoms with Crippen LogP contribution in [-0.2, 0) is 17.6 Å². The Morgan fingerprint density at radius 1 is 1.21 bits per heavy atom. The topological polar surface area (TPSA) is 59.2 Å². The van der Waals surface area contributed by atoms with Crippen molar-refractivity contribution in [3.05, 3.63) is 64.8 Å². The minimum atomic E-state index is -0.320. The fourth-order valence-electron chi connectivity index (χ4n) is 3.41. The van der Waals surface area contributed by atoms with Gasteiger partial charge in [0.2, 0.25) is 17.6 Å². The van der Waals surface area contributed by atoms with E-state index in [1.165, 1.54) is 12.1 Å². The van der Waals surface area contributed by atoms with Crippen molar-refractivity contribution in [2.24, 2.45) is 0 Å².